The van der Waals surface area contributed by atoms with Gasteiger partial charge in [-0.15, -0.1) is 0 Å². The standard InChI is InChI=1S/C27H34N6O3/c1-27(2)25(35)33(26(36)31-27)13-10-17-8-9-22-21(15-17)20(11-12-32(3)4)23(30-22)24(34)29-16-18-6-5-7-19(28)14-18/h5-9,14-15,30H,10-13,16,28H2,1-4H3,(H,29,34)(H,31,36). The number of likely N-dealkylation sites (N-methyl/N-ethyl adjacent to an activating group) is 1. The first-order chi connectivity index (χ1) is 17.0. The van der Waals surface area contributed by atoms with Gasteiger partial charge in [-0.1, -0.05) is 18.2 Å². The SMILES string of the molecule is CN(C)CCc1c(C(=O)NCc2cccc(N)c2)[nH]c2ccc(CCN3C(=O)NC(C)(C)C3=O)cc12. The molecule has 4 rings (SSSR count). The number of rotatable bonds is 9. The lowest BCUT2D eigenvalue weighted by Gasteiger charge is -2.16. The van der Waals surface area contributed by atoms with Crippen LogP contribution in [0.2, 0.25) is 0 Å². The van der Waals surface area contributed by atoms with Gasteiger partial charge in [-0.3, -0.25) is 14.5 Å². The highest BCUT2D eigenvalue weighted by molar-refractivity contribution is 6.06. The molecule has 190 valence electrons. The van der Waals surface area contributed by atoms with E-state index < -0.39 is 5.54 Å². The Balaban J connectivity index is 1.56. The fraction of sp³-hybridized carbons (Fsp3) is 0.370. The van der Waals surface area contributed by atoms with Gasteiger partial charge >= 0.3 is 6.03 Å². The number of amides is 4. The van der Waals surface area contributed by atoms with Crippen LogP contribution in [-0.4, -0.2) is 65.4 Å². The van der Waals surface area contributed by atoms with Gasteiger partial charge in [0.1, 0.15) is 11.2 Å². The first-order valence-electron chi connectivity index (χ1n) is 12.1. The van der Waals surface area contributed by atoms with Crippen LogP contribution >= 0.6 is 0 Å². The van der Waals surface area contributed by atoms with Crippen molar-refractivity contribution in [1.82, 2.24) is 25.4 Å². The van der Waals surface area contributed by atoms with Crippen molar-refractivity contribution in [2.24, 2.45) is 0 Å². The summed E-state index contributed by atoms with van der Waals surface area (Å²) in [7, 11) is 4.00. The monoisotopic (exact) mass is 490 g/mol. The molecule has 9 heteroatoms. The summed E-state index contributed by atoms with van der Waals surface area (Å²) in [5.41, 5.74) is 9.92. The predicted molar refractivity (Wildman–Crippen MR) is 141 cm³/mol. The number of benzene rings is 2. The Hall–Kier alpha value is -3.85. The van der Waals surface area contributed by atoms with Gasteiger partial charge in [-0.25, -0.2) is 4.79 Å². The van der Waals surface area contributed by atoms with Crippen LogP contribution in [-0.2, 0) is 24.2 Å². The van der Waals surface area contributed by atoms with Crippen molar-refractivity contribution in [3.63, 3.8) is 0 Å². The highest BCUT2D eigenvalue weighted by Gasteiger charge is 2.43. The minimum atomic E-state index is -0.880. The zero-order valence-electron chi connectivity index (χ0n) is 21.3. The Morgan fingerprint density at radius 1 is 1.08 bits per heavy atom. The topological polar surface area (TPSA) is 124 Å². The molecule has 1 aliphatic heterocycles. The van der Waals surface area contributed by atoms with Crippen molar-refractivity contribution in [2.45, 2.75) is 38.8 Å². The number of aromatic nitrogens is 1. The Kier molecular flexibility index (Phi) is 7.03. The summed E-state index contributed by atoms with van der Waals surface area (Å²) in [5, 5.41) is 6.69. The molecule has 2 heterocycles. The van der Waals surface area contributed by atoms with Gasteiger partial charge in [-0.05, 0) is 81.7 Å². The minimum absolute atomic E-state index is 0.175. The van der Waals surface area contributed by atoms with Crippen LogP contribution in [0.4, 0.5) is 10.5 Å². The first kappa shape index (κ1) is 25.2. The van der Waals surface area contributed by atoms with Crippen LogP contribution in [0.15, 0.2) is 42.5 Å². The summed E-state index contributed by atoms with van der Waals surface area (Å²) in [6, 6.07) is 13.1. The van der Waals surface area contributed by atoms with E-state index in [0.29, 0.717) is 37.3 Å². The van der Waals surface area contributed by atoms with Crippen molar-refractivity contribution in [3.8, 4) is 0 Å². The molecule has 1 aliphatic rings. The van der Waals surface area contributed by atoms with E-state index in [1.54, 1.807) is 13.8 Å². The van der Waals surface area contributed by atoms with Gasteiger partial charge in [0.05, 0.1) is 0 Å². The number of H-pyrrole nitrogens is 1. The molecule has 0 atom stereocenters. The highest BCUT2D eigenvalue weighted by atomic mass is 16.2. The first-order valence-corrected chi connectivity index (χ1v) is 12.1. The summed E-state index contributed by atoms with van der Waals surface area (Å²) < 4.78 is 0. The number of fused-ring (bicyclic) bond motifs is 1. The summed E-state index contributed by atoms with van der Waals surface area (Å²) in [4.78, 5) is 44.6. The molecule has 1 fully saturated rings. The van der Waals surface area contributed by atoms with Crippen LogP contribution in [0.5, 0.6) is 0 Å². The molecule has 2 aromatic carbocycles. The third-order valence-corrected chi connectivity index (χ3v) is 6.48. The molecule has 4 amide bonds. The van der Waals surface area contributed by atoms with Crippen LogP contribution < -0.4 is 16.4 Å². The number of nitrogens with zero attached hydrogens (tertiary/aromatic N) is 2. The maximum atomic E-state index is 13.2. The smallest absolute Gasteiger partial charge is 0.325 e. The molecular formula is C27H34N6O3. The summed E-state index contributed by atoms with van der Waals surface area (Å²) in [6.45, 7) is 4.86. The lowest BCUT2D eigenvalue weighted by Crippen LogP contribution is -2.40. The Morgan fingerprint density at radius 3 is 2.53 bits per heavy atom. The molecular weight excluding hydrogens is 456 g/mol. The number of nitrogen functional groups attached to an aromatic ring is 1. The number of aromatic amines is 1. The highest BCUT2D eigenvalue weighted by Crippen LogP contribution is 2.26. The van der Waals surface area contributed by atoms with E-state index in [1.165, 1.54) is 4.90 Å². The van der Waals surface area contributed by atoms with E-state index in [0.717, 1.165) is 34.1 Å². The summed E-state index contributed by atoms with van der Waals surface area (Å²) in [5.74, 6) is -0.397. The number of carbonyl (C=O) groups excluding carboxylic acids is 3. The normalized spacial score (nSPS) is 15.1. The zero-order chi connectivity index (χ0) is 26.0. The van der Waals surface area contributed by atoms with E-state index >= 15 is 0 Å². The Labute approximate surface area is 211 Å². The molecule has 0 aliphatic carbocycles. The largest absolute Gasteiger partial charge is 0.399 e. The van der Waals surface area contributed by atoms with E-state index in [4.69, 9.17) is 5.73 Å². The van der Waals surface area contributed by atoms with Gasteiger partial charge in [0.15, 0.2) is 0 Å². The van der Waals surface area contributed by atoms with Crippen molar-refractivity contribution in [1.29, 1.82) is 0 Å². The second-order valence-electron chi connectivity index (χ2n) is 10.1. The molecule has 0 unspecified atom stereocenters. The number of nitrogens with one attached hydrogen (secondary N) is 3. The maximum absolute atomic E-state index is 13.2. The number of nitrogens with two attached hydrogens (primary N) is 1. The van der Waals surface area contributed by atoms with Crippen LogP contribution in [0.25, 0.3) is 10.9 Å². The number of urea groups is 1. The molecule has 9 nitrogen and oxygen atoms in total. The summed E-state index contributed by atoms with van der Waals surface area (Å²) >= 11 is 0. The minimum Gasteiger partial charge on any atom is -0.399 e. The number of imide groups is 1. The Morgan fingerprint density at radius 2 is 1.86 bits per heavy atom. The van der Waals surface area contributed by atoms with Gasteiger partial charge in [0, 0.05) is 36.2 Å². The third kappa shape index (κ3) is 5.36. The zero-order valence-corrected chi connectivity index (χ0v) is 21.3. The average molecular weight is 491 g/mol. The van der Waals surface area contributed by atoms with Gasteiger partial charge < -0.3 is 26.3 Å². The van der Waals surface area contributed by atoms with Crippen molar-refractivity contribution >= 4 is 34.4 Å². The summed E-state index contributed by atoms with van der Waals surface area (Å²) in [6.07, 6.45) is 1.22. The maximum Gasteiger partial charge on any atom is 0.325 e. The average Bonchev–Trinajstić information content (AvgIpc) is 3.27. The third-order valence-electron chi connectivity index (χ3n) is 6.48. The van der Waals surface area contributed by atoms with E-state index in [9.17, 15) is 14.4 Å². The molecule has 0 radical (unpaired) electrons. The fourth-order valence-electron chi connectivity index (χ4n) is 4.47. The number of carbonyl (C=O) groups is 3. The molecule has 0 bridgehead atoms. The molecule has 1 aromatic heterocycles. The van der Waals surface area contributed by atoms with E-state index in [-0.39, 0.29) is 17.8 Å². The lowest BCUT2D eigenvalue weighted by atomic mass is 10.0. The molecule has 1 saturated heterocycles. The van der Waals surface area contributed by atoms with Crippen molar-refractivity contribution in [2.75, 3.05) is 32.9 Å². The van der Waals surface area contributed by atoms with Gasteiger partial charge in [0.25, 0.3) is 11.8 Å². The van der Waals surface area contributed by atoms with Crippen LogP contribution in [0, 0.1) is 0 Å². The van der Waals surface area contributed by atoms with Gasteiger partial charge in [-0.2, -0.15) is 0 Å². The second kappa shape index (κ2) is 10.0. The quantitative estimate of drug-likeness (QED) is 0.271. The second-order valence-corrected chi connectivity index (χ2v) is 10.1. The van der Waals surface area contributed by atoms with E-state index in [2.05, 4.69) is 26.6 Å². The Bertz CT molecular complexity index is 1310. The van der Waals surface area contributed by atoms with Gasteiger partial charge in [0.2, 0.25) is 0 Å². The molecule has 0 saturated carbocycles. The fourth-order valence-corrected chi connectivity index (χ4v) is 4.47. The molecule has 0 spiro atoms. The van der Waals surface area contributed by atoms with Crippen LogP contribution in [0.1, 0.15) is 41.0 Å². The molecule has 5 N–H and O–H groups in total. The number of anilines is 1. The van der Waals surface area contributed by atoms with Crippen molar-refractivity contribution in [3.05, 3.63) is 64.8 Å². The molecule has 36 heavy (non-hydrogen) atoms. The number of hydrogen-bond acceptors (Lipinski definition) is 5. The predicted octanol–water partition coefficient (Wildman–Crippen LogP) is 2.66. The van der Waals surface area contributed by atoms with E-state index in [1.807, 2.05) is 50.5 Å². The number of hydrogen-bond donors (Lipinski definition) is 4. The van der Waals surface area contributed by atoms with Crippen molar-refractivity contribution < 1.29 is 14.4 Å². The lowest BCUT2D eigenvalue weighted by molar-refractivity contribution is -0.130. The van der Waals surface area contributed by atoms with Crippen LogP contribution in [0.3, 0.4) is 0 Å². The molecule has 3 aromatic rings.